The van der Waals surface area contributed by atoms with Crippen LogP contribution in [-0.4, -0.2) is 0 Å². The van der Waals surface area contributed by atoms with Gasteiger partial charge in [0.15, 0.2) is 0 Å². The van der Waals surface area contributed by atoms with Crippen molar-refractivity contribution in [2.45, 2.75) is 37.5 Å². The Bertz CT molecular complexity index is 631. The molecule has 2 aromatic rings. The molecular formula is C18H17ClF2. The lowest BCUT2D eigenvalue weighted by Crippen LogP contribution is -2.06. The number of rotatable bonds is 3. The molecular weight excluding hydrogens is 290 g/mol. The monoisotopic (exact) mass is 306 g/mol. The first-order valence-corrected chi connectivity index (χ1v) is 7.77. The maximum Gasteiger partial charge on any atom is 0.129 e. The van der Waals surface area contributed by atoms with Crippen molar-refractivity contribution in [3.05, 3.63) is 70.3 Å². The molecule has 0 heterocycles. The van der Waals surface area contributed by atoms with Gasteiger partial charge in [-0.15, -0.1) is 11.6 Å². The maximum absolute atomic E-state index is 13.7. The lowest BCUT2D eigenvalue weighted by Gasteiger charge is -2.18. The number of benzene rings is 2. The largest absolute Gasteiger partial charge is 0.207 e. The first-order valence-electron chi connectivity index (χ1n) is 7.34. The van der Waals surface area contributed by atoms with E-state index in [2.05, 4.69) is 12.1 Å². The zero-order valence-electron chi connectivity index (χ0n) is 11.7. The third kappa shape index (κ3) is 3.11. The molecule has 0 saturated heterocycles. The SMILES string of the molecule is Fc1cccc(F)c1CC(Cl)c1ccc2c(c1)CCCC2. The Labute approximate surface area is 128 Å². The van der Waals surface area contributed by atoms with Crippen molar-refractivity contribution in [2.24, 2.45) is 0 Å². The molecule has 1 aliphatic carbocycles. The van der Waals surface area contributed by atoms with E-state index in [9.17, 15) is 8.78 Å². The van der Waals surface area contributed by atoms with E-state index in [1.54, 1.807) is 0 Å². The van der Waals surface area contributed by atoms with Crippen molar-refractivity contribution in [3.63, 3.8) is 0 Å². The zero-order valence-corrected chi connectivity index (χ0v) is 12.5. The molecule has 0 aromatic heterocycles. The Morgan fingerprint density at radius 3 is 2.33 bits per heavy atom. The van der Waals surface area contributed by atoms with Crippen molar-refractivity contribution in [2.75, 3.05) is 0 Å². The minimum atomic E-state index is -0.529. The molecule has 1 atom stereocenters. The lowest BCUT2D eigenvalue weighted by molar-refractivity contribution is 0.553. The van der Waals surface area contributed by atoms with Crippen LogP contribution in [0.4, 0.5) is 8.78 Å². The molecule has 1 unspecified atom stereocenters. The van der Waals surface area contributed by atoms with Gasteiger partial charge in [-0.05, 0) is 60.9 Å². The van der Waals surface area contributed by atoms with Gasteiger partial charge in [-0.25, -0.2) is 8.78 Å². The van der Waals surface area contributed by atoms with E-state index in [4.69, 9.17) is 11.6 Å². The van der Waals surface area contributed by atoms with Gasteiger partial charge in [0.25, 0.3) is 0 Å². The molecule has 3 heteroatoms. The van der Waals surface area contributed by atoms with Crippen molar-refractivity contribution in [1.82, 2.24) is 0 Å². The van der Waals surface area contributed by atoms with Crippen molar-refractivity contribution in [1.29, 1.82) is 0 Å². The normalized spacial score (nSPS) is 15.6. The van der Waals surface area contributed by atoms with Crippen LogP contribution >= 0.6 is 11.6 Å². The van der Waals surface area contributed by atoms with Gasteiger partial charge in [-0.3, -0.25) is 0 Å². The van der Waals surface area contributed by atoms with E-state index in [0.717, 1.165) is 18.4 Å². The second-order valence-electron chi connectivity index (χ2n) is 5.61. The third-order valence-corrected chi connectivity index (χ3v) is 4.59. The number of hydrogen-bond donors (Lipinski definition) is 0. The minimum Gasteiger partial charge on any atom is -0.207 e. The van der Waals surface area contributed by atoms with Crippen molar-refractivity contribution in [3.8, 4) is 0 Å². The van der Waals surface area contributed by atoms with Gasteiger partial charge in [-0.2, -0.15) is 0 Å². The van der Waals surface area contributed by atoms with E-state index in [0.29, 0.717) is 0 Å². The fourth-order valence-electron chi connectivity index (χ4n) is 2.97. The molecule has 0 fully saturated rings. The molecule has 2 aromatic carbocycles. The van der Waals surface area contributed by atoms with Crippen LogP contribution in [0.2, 0.25) is 0 Å². The highest BCUT2D eigenvalue weighted by Crippen LogP contribution is 2.31. The van der Waals surface area contributed by atoms with Gasteiger partial charge in [0.2, 0.25) is 0 Å². The molecule has 0 aliphatic heterocycles. The maximum atomic E-state index is 13.7. The first-order chi connectivity index (χ1) is 10.1. The predicted molar refractivity (Wildman–Crippen MR) is 81.7 cm³/mol. The Kier molecular flexibility index (Phi) is 4.25. The van der Waals surface area contributed by atoms with Crippen LogP contribution in [0.15, 0.2) is 36.4 Å². The van der Waals surface area contributed by atoms with Crippen LogP contribution < -0.4 is 0 Å². The molecule has 1 aliphatic rings. The summed E-state index contributed by atoms with van der Waals surface area (Å²) in [5.41, 5.74) is 3.72. The molecule has 0 nitrogen and oxygen atoms in total. The van der Waals surface area contributed by atoms with Crippen LogP contribution in [0, 0.1) is 11.6 Å². The Morgan fingerprint density at radius 2 is 1.62 bits per heavy atom. The van der Waals surface area contributed by atoms with Gasteiger partial charge in [-0.1, -0.05) is 24.3 Å². The zero-order chi connectivity index (χ0) is 14.8. The number of halogens is 3. The predicted octanol–water partition coefficient (Wildman–Crippen LogP) is 5.37. The van der Waals surface area contributed by atoms with E-state index < -0.39 is 17.0 Å². The summed E-state index contributed by atoms with van der Waals surface area (Å²) in [7, 11) is 0. The number of alkyl halides is 1. The smallest absolute Gasteiger partial charge is 0.129 e. The van der Waals surface area contributed by atoms with Gasteiger partial charge < -0.3 is 0 Å². The number of hydrogen-bond acceptors (Lipinski definition) is 0. The molecule has 0 amide bonds. The average Bonchev–Trinajstić information content (AvgIpc) is 2.50. The van der Waals surface area contributed by atoms with Gasteiger partial charge in [0.05, 0.1) is 5.38 Å². The molecule has 0 saturated carbocycles. The summed E-state index contributed by atoms with van der Waals surface area (Å²) < 4.78 is 27.4. The van der Waals surface area contributed by atoms with Crippen LogP contribution in [0.25, 0.3) is 0 Å². The molecule has 3 rings (SSSR count). The standard InChI is InChI=1S/C18H17ClF2/c19-16(11-15-17(20)6-3-7-18(15)21)14-9-8-12-4-1-2-5-13(12)10-14/h3,6-10,16H,1-2,4-5,11H2. The van der Waals surface area contributed by atoms with E-state index >= 15 is 0 Å². The van der Waals surface area contributed by atoms with Crippen LogP contribution in [-0.2, 0) is 19.3 Å². The second kappa shape index (κ2) is 6.15. The second-order valence-corrected chi connectivity index (χ2v) is 6.13. The number of fused-ring (bicyclic) bond motifs is 1. The summed E-state index contributed by atoms with van der Waals surface area (Å²) >= 11 is 6.39. The fourth-order valence-corrected chi connectivity index (χ4v) is 3.26. The Balaban J connectivity index is 1.84. The molecule has 110 valence electrons. The van der Waals surface area contributed by atoms with E-state index in [1.807, 2.05) is 6.07 Å². The van der Waals surface area contributed by atoms with E-state index in [-0.39, 0.29) is 12.0 Å². The van der Waals surface area contributed by atoms with Crippen molar-refractivity contribution < 1.29 is 8.78 Å². The molecule has 0 spiro atoms. The topological polar surface area (TPSA) is 0 Å². The Morgan fingerprint density at radius 1 is 0.952 bits per heavy atom. The highest BCUT2D eigenvalue weighted by atomic mass is 35.5. The summed E-state index contributed by atoms with van der Waals surface area (Å²) in [6.07, 6.45) is 4.78. The van der Waals surface area contributed by atoms with Gasteiger partial charge >= 0.3 is 0 Å². The summed E-state index contributed by atoms with van der Waals surface area (Å²) in [4.78, 5) is 0. The minimum absolute atomic E-state index is 0.0650. The van der Waals surface area contributed by atoms with Crippen LogP contribution in [0.1, 0.15) is 40.5 Å². The first kappa shape index (κ1) is 14.5. The highest BCUT2D eigenvalue weighted by molar-refractivity contribution is 6.20. The molecule has 0 radical (unpaired) electrons. The van der Waals surface area contributed by atoms with Crippen LogP contribution in [0.5, 0.6) is 0 Å². The van der Waals surface area contributed by atoms with Crippen molar-refractivity contribution >= 4 is 11.6 Å². The molecule has 0 bridgehead atoms. The van der Waals surface area contributed by atoms with Crippen LogP contribution in [0.3, 0.4) is 0 Å². The average molecular weight is 307 g/mol. The third-order valence-electron chi connectivity index (χ3n) is 4.18. The molecule has 0 N–H and O–H groups in total. The summed E-state index contributed by atoms with van der Waals surface area (Å²) in [5.74, 6) is -1.06. The van der Waals surface area contributed by atoms with Gasteiger partial charge in [0, 0.05) is 5.56 Å². The highest BCUT2D eigenvalue weighted by Gasteiger charge is 2.17. The molecule has 21 heavy (non-hydrogen) atoms. The fraction of sp³-hybridized carbons (Fsp3) is 0.333. The quantitative estimate of drug-likeness (QED) is 0.669. The summed E-state index contributed by atoms with van der Waals surface area (Å²) in [5, 5.41) is -0.413. The Hall–Kier alpha value is -1.41. The summed E-state index contributed by atoms with van der Waals surface area (Å²) in [6.45, 7) is 0. The van der Waals surface area contributed by atoms with E-state index in [1.165, 1.54) is 42.2 Å². The lowest BCUT2D eigenvalue weighted by atomic mass is 9.89. The number of aryl methyl sites for hydroxylation is 2. The summed E-state index contributed by atoms with van der Waals surface area (Å²) in [6, 6.07) is 10.1. The van der Waals surface area contributed by atoms with Gasteiger partial charge in [0.1, 0.15) is 11.6 Å².